The van der Waals surface area contributed by atoms with Crippen LogP contribution in [0.5, 0.6) is 0 Å². The maximum Gasteiger partial charge on any atom is 0.283 e. The SMILES string of the molecule is CCC1C(=O)NCCN1Cc1cccc(C(=O)NN)n1. The highest BCUT2D eigenvalue weighted by Crippen LogP contribution is 2.12. The third-order valence-corrected chi connectivity index (χ3v) is 3.36. The number of aromatic nitrogens is 1. The molecular formula is C13H19N5O2. The molecule has 0 bridgehead atoms. The lowest BCUT2D eigenvalue weighted by Crippen LogP contribution is -2.54. The van der Waals surface area contributed by atoms with Gasteiger partial charge in [0.15, 0.2) is 0 Å². The number of hydrogen-bond donors (Lipinski definition) is 3. The summed E-state index contributed by atoms with van der Waals surface area (Å²) in [6, 6.07) is 5.06. The standard InChI is InChI=1S/C13H19N5O2/c1-2-11-13(20)15-6-7-18(11)8-9-4-3-5-10(16-9)12(19)17-14/h3-5,11H,2,6-8,14H2,1H3,(H,15,20)(H,17,19). The molecule has 7 nitrogen and oxygen atoms in total. The molecule has 0 radical (unpaired) electrons. The smallest absolute Gasteiger partial charge is 0.283 e. The lowest BCUT2D eigenvalue weighted by molar-refractivity contribution is -0.129. The Hall–Kier alpha value is -1.99. The van der Waals surface area contributed by atoms with E-state index in [1.54, 1.807) is 12.1 Å². The Balaban J connectivity index is 2.12. The van der Waals surface area contributed by atoms with Crippen molar-refractivity contribution in [1.29, 1.82) is 0 Å². The molecule has 1 saturated heterocycles. The second kappa shape index (κ2) is 6.44. The van der Waals surface area contributed by atoms with E-state index in [0.29, 0.717) is 13.1 Å². The molecule has 1 aromatic rings. The van der Waals surface area contributed by atoms with Crippen molar-refractivity contribution in [3.63, 3.8) is 0 Å². The number of pyridine rings is 1. The second-order valence-corrected chi connectivity index (χ2v) is 4.67. The Kier molecular flexibility index (Phi) is 4.65. The van der Waals surface area contributed by atoms with Gasteiger partial charge in [0, 0.05) is 19.6 Å². The second-order valence-electron chi connectivity index (χ2n) is 4.67. The van der Waals surface area contributed by atoms with E-state index in [1.165, 1.54) is 0 Å². The Morgan fingerprint density at radius 2 is 2.40 bits per heavy atom. The van der Waals surface area contributed by atoms with Gasteiger partial charge in [-0.15, -0.1) is 0 Å². The molecule has 20 heavy (non-hydrogen) atoms. The molecule has 2 amide bonds. The van der Waals surface area contributed by atoms with E-state index in [9.17, 15) is 9.59 Å². The monoisotopic (exact) mass is 277 g/mol. The molecule has 0 aromatic carbocycles. The first kappa shape index (κ1) is 14.4. The van der Waals surface area contributed by atoms with E-state index in [1.807, 2.05) is 13.0 Å². The maximum atomic E-state index is 11.8. The highest BCUT2D eigenvalue weighted by Gasteiger charge is 2.28. The average Bonchev–Trinajstić information content (AvgIpc) is 2.47. The van der Waals surface area contributed by atoms with Crippen molar-refractivity contribution in [1.82, 2.24) is 20.6 Å². The molecule has 108 valence electrons. The Morgan fingerprint density at radius 3 is 3.10 bits per heavy atom. The normalized spacial score (nSPS) is 19.5. The fourth-order valence-electron chi connectivity index (χ4n) is 2.37. The predicted octanol–water partition coefficient (Wildman–Crippen LogP) is -0.604. The van der Waals surface area contributed by atoms with E-state index in [2.05, 4.69) is 20.6 Å². The molecule has 1 aliphatic heterocycles. The first-order valence-corrected chi connectivity index (χ1v) is 6.64. The molecule has 2 rings (SSSR count). The number of amides is 2. The lowest BCUT2D eigenvalue weighted by Gasteiger charge is -2.34. The van der Waals surface area contributed by atoms with E-state index in [0.717, 1.165) is 18.7 Å². The van der Waals surface area contributed by atoms with Crippen molar-refractivity contribution in [2.75, 3.05) is 13.1 Å². The number of nitrogens with one attached hydrogen (secondary N) is 2. The van der Waals surface area contributed by atoms with Gasteiger partial charge in [0.1, 0.15) is 5.69 Å². The zero-order chi connectivity index (χ0) is 14.5. The summed E-state index contributed by atoms with van der Waals surface area (Å²) in [4.78, 5) is 29.6. The van der Waals surface area contributed by atoms with Crippen molar-refractivity contribution in [2.45, 2.75) is 25.9 Å². The van der Waals surface area contributed by atoms with Crippen LogP contribution in [-0.2, 0) is 11.3 Å². The summed E-state index contributed by atoms with van der Waals surface area (Å²) >= 11 is 0. The van der Waals surface area contributed by atoms with E-state index in [4.69, 9.17) is 5.84 Å². The number of hydrogen-bond acceptors (Lipinski definition) is 5. The largest absolute Gasteiger partial charge is 0.353 e. The number of piperazine rings is 1. The number of nitrogens with zero attached hydrogens (tertiary/aromatic N) is 2. The summed E-state index contributed by atoms with van der Waals surface area (Å²) in [6.07, 6.45) is 0.745. The zero-order valence-corrected chi connectivity index (χ0v) is 11.4. The molecular weight excluding hydrogens is 258 g/mol. The molecule has 1 unspecified atom stereocenters. The van der Waals surface area contributed by atoms with Crippen molar-refractivity contribution in [3.8, 4) is 0 Å². The van der Waals surface area contributed by atoms with Gasteiger partial charge in [0.05, 0.1) is 11.7 Å². The van der Waals surface area contributed by atoms with Gasteiger partial charge < -0.3 is 5.32 Å². The summed E-state index contributed by atoms with van der Waals surface area (Å²) in [5.74, 6) is 4.73. The highest BCUT2D eigenvalue weighted by molar-refractivity contribution is 5.91. The molecule has 4 N–H and O–H groups in total. The van der Waals surface area contributed by atoms with Gasteiger partial charge in [0.25, 0.3) is 5.91 Å². The molecule has 0 spiro atoms. The maximum absolute atomic E-state index is 11.8. The van der Waals surface area contributed by atoms with Gasteiger partial charge in [-0.05, 0) is 18.6 Å². The van der Waals surface area contributed by atoms with Crippen LogP contribution in [0.3, 0.4) is 0 Å². The van der Waals surface area contributed by atoms with Crippen LogP contribution in [0.2, 0.25) is 0 Å². The fraction of sp³-hybridized carbons (Fsp3) is 0.462. The summed E-state index contributed by atoms with van der Waals surface area (Å²) in [5, 5.41) is 2.86. The Bertz CT molecular complexity index is 505. The Morgan fingerprint density at radius 1 is 1.60 bits per heavy atom. The quantitative estimate of drug-likeness (QED) is 0.387. The number of hydrazine groups is 1. The molecule has 0 aliphatic carbocycles. The number of nitrogens with two attached hydrogens (primary N) is 1. The topological polar surface area (TPSA) is 100 Å². The van der Waals surface area contributed by atoms with E-state index < -0.39 is 5.91 Å². The molecule has 7 heteroatoms. The molecule has 2 heterocycles. The summed E-state index contributed by atoms with van der Waals surface area (Å²) in [6.45, 7) is 3.93. The minimum Gasteiger partial charge on any atom is -0.353 e. The third-order valence-electron chi connectivity index (χ3n) is 3.36. The van der Waals surface area contributed by atoms with Gasteiger partial charge in [0.2, 0.25) is 5.91 Å². The van der Waals surface area contributed by atoms with Gasteiger partial charge in [-0.2, -0.15) is 0 Å². The van der Waals surface area contributed by atoms with Gasteiger partial charge in [-0.1, -0.05) is 13.0 Å². The lowest BCUT2D eigenvalue weighted by atomic mass is 10.1. The van der Waals surface area contributed by atoms with Crippen molar-refractivity contribution < 1.29 is 9.59 Å². The van der Waals surface area contributed by atoms with Crippen molar-refractivity contribution in [2.24, 2.45) is 5.84 Å². The van der Waals surface area contributed by atoms with Gasteiger partial charge in [-0.3, -0.25) is 19.9 Å². The van der Waals surface area contributed by atoms with Crippen LogP contribution in [0.25, 0.3) is 0 Å². The Labute approximate surface area is 117 Å². The third kappa shape index (κ3) is 3.12. The molecule has 0 saturated carbocycles. The predicted molar refractivity (Wildman–Crippen MR) is 73.4 cm³/mol. The molecule has 1 aromatic heterocycles. The molecule has 1 aliphatic rings. The van der Waals surface area contributed by atoms with Crippen LogP contribution in [0, 0.1) is 0 Å². The van der Waals surface area contributed by atoms with Crippen LogP contribution >= 0.6 is 0 Å². The van der Waals surface area contributed by atoms with E-state index in [-0.39, 0.29) is 17.6 Å². The number of nitrogen functional groups attached to an aromatic ring is 1. The fourth-order valence-corrected chi connectivity index (χ4v) is 2.37. The van der Waals surface area contributed by atoms with Crippen molar-refractivity contribution >= 4 is 11.8 Å². The number of carbonyl (C=O) groups excluding carboxylic acids is 2. The van der Waals surface area contributed by atoms with E-state index >= 15 is 0 Å². The number of rotatable bonds is 4. The zero-order valence-electron chi connectivity index (χ0n) is 11.4. The van der Waals surface area contributed by atoms with Gasteiger partial charge in [-0.25, -0.2) is 10.8 Å². The number of carbonyl (C=O) groups is 2. The van der Waals surface area contributed by atoms with Crippen LogP contribution in [0.15, 0.2) is 18.2 Å². The van der Waals surface area contributed by atoms with Crippen LogP contribution < -0.4 is 16.6 Å². The average molecular weight is 277 g/mol. The summed E-state index contributed by atoms with van der Waals surface area (Å²) in [5.41, 5.74) is 3.09. The minimum absolute atomic E-state index is 0.0506. The van der Waals surface area contributed by atoms with Crippen LogP contribution in [0.1, 0.15) is 29.5 Å². The molecule has 1 atom stereocenters. The highest BCUT2D eigenvalue weighted by atomic mass is 16.2. The van der Waals surface area contributed by atoms with Crippen molar-refractivity contribution in [3.05, 3.63) is 29.6 Å². The molecule has 1 fully saturated rings. The van der Waals surface area contributed by atoms with Gasteiger partial charge >= 0.3 is 0 Å². The first-order chi connectivity index (χ1) is 9.65. The van der Waals surface area contributed by atoms with Crippen LogP contribution in [0.4, 0.5) is 0 Å². The van der Waals surface area contributed by atoms with Crippen LogP contribution in [-0.4, -0.2) is 40.8 Å². The first-order valence-electron chi connectivity index (χ1n) is 6.64. The minimum atomic E-state index is -0.421. The summed E-state index contributed by atoms with van der Waals surface area (Å²) in [7, 11) is 0. The summed E-state index contributed by atoms with van der Waals surface area (Å²) < 4.78 is 0.